The van der Waals surface area contributed by atoms with Crippen LogP contribution in [0.4, 0.5) is 14.5 Å². The zero-order chi connectivity index (χ0) is 11.4. The molecule has 0 fully saturated rings. The monoisotopic (exact) mass is 213 g/mol. The van der Waals surface area contributed by atoms with E-state index in [4.69, 9.17) is 0 Å². The van der Waals surface area contributed by atoms with E-state index in [-0.39, 0.29) is 17.5 Å². The van der Waals surface area contributed by atoms with Crippen molar-refractivity contribution >= 4 is 11.6 Å². The third-order valence-electron chi connectivity index (χ3n) is 2.25. The molecule has 0 radical (unpaired) electrons. The molecule has 1 atom stereocenters. The smallest absolute Gasteiger partial charge is 0.227 e. The van der Waals surface area contributed by atoms with Gasteiger partial charge in [0.05, 0.1) is 5.69 Å². The summed E-state index contributed by atoms with van der Waals surface area (Å²) < 4.78 is 25.7. The summed E-state index contributed by atoms with van der Waals surface area (Å²) in [6, 6.07) is 3.06. The van der Waals surface area contributed by atoms with Crippen molar-refractivity contribution in [2.45, 2.75) is 20.3 Å². The molecule has 1 aromatic rings. The molecule has 1 aromatic carbocycles. The first-order chi connectivity index (χ1) is 7.04. The molecule has 0 aromatic heterocycles. The average molecular weight is 213 g/mol. The molecule has 0 aliphatic carbocycles. The first-order valence-electron chi connectivity index (χ1n) is 4.80. The molecule has 0 aliphatic rings. The lowest BCUT2D eigenvalue weighted by atomic mass is 10.1. The van der Waals surface area contributed by atoms with E-state index >= 15 is 0 Å². The fourth-order valence-corrected chi connectivity index (χ4v) is 1.03. The van der Waals surface area contributed by atoms with Gasteiger partial charge >= 0.3 is 0 Å². The number of carbonyl (C=O) groups excluding carboxylic acids is 1. The van der Waals surface area contributed by atoms with E-state index in [1.54, 1.807) is 6.92 Å². The van der Waals surface area contributed by atoms with Gasteiger partial charge in [-0.15, -0.1) is 0 Å². The maximum Gasteiger partial charge on any atom is 0.227 e. The first-order valence-corrected chi connectivity index (χ1v) is 4.80. The Morgan fingerprint density at radius 1 is 1.47 bits per heavy atom. The van der Waals surface area contributed by atoms with Crippen LogP contribution in [0, 0.1) is 17.6 Å². The van der Waals surface area contributed by atoms with Gasteiger partial charge < -0.3 is 5.32 Å². The maximum absolute atomic E-state index is 13.1. The van der Waals surface area contributed by atoms with Crippen LogP contribution in [0.5, 0.6) is 0 Å². The van der Waals surface area contributed by atoms with E-state index in [9.17, 15) is 13.6 Å². The Labute approximate surface area is 87.3 Å². The molecule has 1 N–H and O–H groups in total. The third kappa shape index (κ3) is 3.01. The van der Waals surface area contributed by atoms with Crippen LogP contribution in [0.15, 0.2) is 18.2 Å². The minimum Gasteiger partial charge on any atom is -0.323 e. The van der Waals surface area contributed by atoms with Crippen LogP contribution in [0.25, 0.3) is 0 Å². The Hall–Kier alpha value is -1.45. The van der Waals surface area contributed by atoms with E-state index in [1.165, 1.54) is 6.07 Å². The van der Waals surface area contributed by atoms with Crippen molar-refractivity contribution in [1.82, 2.24) is 0 Å². The third-order valence-corrected chi connectivity index (χ3v) is 2.25. The molecular formula is C11H13F2NO. The quantitative estimate of drug-likeness (QED) is 0.821. The predicted molar refractivity (Wildman–Crippen MR) is 54.4 cm³/mol. The zero-order valence-electron chi connectivity index (χ0n) is 8.68. The summed E-state index contributed by atoms with van der Waals surface area (Å²) in [5.74, 6) is -1.86. The summed E-state index contributed by atoms with van der Waals surface area (Å²) in [5, 5.41) is 2.41. The van der Waals surface area contributed by atoms with Crippen molar-refractivity contribution in [1.29, 1.82) is 0 Å². The standard InChI is InChI=1S/C11H13F2NO/c1-3-7(2)11(15)14-10-5-4-8(12)6-9(10)13/h4-7H,3H2,1-2H3,(H,14,15)/t7-/m0/s1. The van der Waals surface area contributed by atoms with Gasteiger partial charge in [0.15, 0.2) is 0 Å². The van der Waals surface area contributed by atoms with E-state index in [2.05, 4.69) is 5.32 Å². The molecule has 0 saturated carbocycles. The van der Waals surface area contributed by atoms with Gasteiger partial charge in [-0.05, 0) is 18.6 Å². The Bertz CT molecular complexity index is 366. The van der Waals surface area contributed by atoms with Crippen molar-refractivity contribution in [2.24, 2.45) is 5.92 Å². The molecule has 0 aliphatic heterocycles. The molecule has 4 heteroatoms. The molecule has 0 saturated heterocycles. The lowest BCUT2D eigenvalue weighted by Gasteiger charge is -2.10. The number of carbonyl (C=O) groups is 1. The van der Waals surface area contributed by atoms with Crippen molar-refractivity contribution < 1.29 is 13.6 Å². The molecule has 0 unspecified atom stereocenters. The van der Waals surface area contributed by atoms with Gasteiger partial charge in [-0.3, -0.25) is 4.79 Å². The minimum atomic E-state index is -0.758. The number of rotatable bonds is 3. The number of nitrogens with one attached hydrogen (secondary N) is 1. The highest BCUT2D eigenvalue weighted by molar-refractivity contribution is 5.92. The molecule has 82 valence electrons. The summed E-state index contributed by atoms with van der Waals surface area (Å²) in [5.41, 5.74) is 0.0155. The first kappa shape index (κ1) is 11.6. The SMILES string of the molecule is CC[C@H](C)C(=O)Nc1ccc(F)cc1F. The molecular weight excluding hydrogens is 200 g/mol. The second kappa shape index (κ2) is 4.87. The van der Waals surface area contributed by atoms with Crippen LogP contribution in [0.2, 0.25) is 0 Å². The summed E-state index contributed by atoms with van der Waals surface area (Å²) in [7, 11) is 0. The fourth-order valence-electron chi connectivity index (χ4n) is 1.03. The Morgan fingerprint density at radius 2 is 2.13 bits per heavy atom. The van der Waals surface area contributed by atoms with E-state index in [0.29, 0.717) is 6.42 Å². The van der Waals surface area contributed by atoms with Crippen LogP contribution in [-0.2, 0) is 4.79 Å². The van der Waals surface area contributed by atoms with E-state index < -0.39 is 11.6 Å². The molecule has 0 bridgehead atoms. The van der Waals surface area contributed by atoms with Crippen molar-refractivity contribution in [3.8, 4) is 0 Å². The number of hydrogen-bond acceptors (Lipinski definition) is 1. The van der Waals surface area contributed by atoms with E-state index in [1.807, 2.05) is 6.92 Å². The minimum absolute atomic E-state index is 0.0155. The molecule has 15 heavy (non-hydrogen) atoms. The molecule has 2 nitrogen and oxygen atoms in total. The molecule has 0 heterocycles. The maximum atomic E-state index is 13.1. The molecule has 0 spiro atoms. The molecule has 1 rings (SSSR count). The van der Waals surface area contributed by atoms with Crippen LogP contribution < -0.4 is 5.32 Å². The summed E-state index contributed by atoms with van der Waals surface area (Å²) >= 11 is 0. The van der Waals surface area contributed by atoms with Gasteiger partial charge in [0.1, 0.15) is 11.6 Å². The summed E-state index contributed by atoms with van der Waals surface area (Å²) in [4.78, 5) is 11.4. The number of hydrogen-bond donors (Lipinski definition) is 1. The van der Waals surface area contributed by atoms with Crippen molar-refractivity contribution in [2.75, 3.05) is 5.32 Å². The highest BCUT2D eigenvalue weighted by atomic mass is 19.1. The zero-order valence-corrected chi connectivity index (χ0v) is 8.68. The van der Waals surface area contributed by atoms with E-state index in [0.717, 1.165) is 12.1 Å². The van der Waals surface area contributed by atoms with Crippen molar-refractivity contribution in [3.05, 3.63) is 29.8 Å². The lowest BCUT2D eigenvalue weighted by Crippen LogP contribution is -2.20. The normalized spacial score (nSPS) is 12.3. The molecule has 1 amide bonds. The number of benzene rings is 1. The summed E-state index contributed by atoms with van der Waals surface area (Å²) in [6.07, 6.45) is 0.675. The van der Waals surface area contributed by atoms with Gasteiger partial charge in [-0.1, -0.05) is 13.8 Å². The fraction of sp³-hybridized carbons (Fsp3) is 0.364. The Balaban J connectivity index is 2.77. The lowest BCUT2D eigenvalue weighted by molar-refractivity contribution is -0.119. The summed E-state index contributed by atoms with van der Waals surface area (Å²) in [6.45, 7) is 3.61. The van der Waals surface area contributed by atoms with Gasteiger partial charge in [0.25, 0.3) is 0 Å². The number of halogens is 2. The number of anilines is 1. The highest BCUT2D eigenvalue weighted by Crippen LogP contribution is 2.16. The average Bonchev–Trinajstić information content (AvgIpc) is 2.20. The topological polar surface area (TPSA) is 29.1 Å². The Kier molecular flexibility index (Phi) is 3.77. The van der Waals surface area contributed by atoms with Gasteiger partial charge in [-0.25, -0.2) is 8.78 Å². The van der Waals surface area contributed by atoms with Crippen molar-refractivity contribution in [3.63, 3.8) is 0 Å². The van der Waals surface area contributed by atoms with Crippen LogP contribution in [0.3, 0.4) is 0 Å². The van der Waals surface area contributed by atoms with Gasteiger partial charge in [0, 0.05) is 12.0 Å². The van der Waals surface area contributed by atoms with Crippen LogP contribution in [-0.4, -0.2) is 5.91 Å². The second-order valence-electron chi connectivity index (χ2n) is 3.42. The number of amides is 1. The van der Waals surface area contributed by atoms with Crippen LogP contribution in [0.1, 0.15) is 20.3 Å². The van der Waals surface area contributed by atoms with Gasteiger partial charge in [0.2, 0.25) is 5.91 Å². The highest BCUT2D eigenvalue weighted by Gasteiger charge is 2.12. The second-order valence-corrected chi connectivity index (χ2v) is 3.42. The van der Waals surface area contributed by atoms with Gasteiger partial charge in [-0.2, -0.15) is 0 Å². The largest absolute Gasteiger partial charge is 0.323 e. The van der Waals surface area contributed by atoms with Crippen LogP contribution >= 0.6 is 0 Å². The Morgan fingerprint density at radius 3 is 2.67 bits per heavy atom. The predicted octanol–water partition coefficient (Wildman–Crippen LogP) is 2.95.